The second-order valence-corrected chi connectivity index (χ2v) is 7.55. The summed E-state index contributed by atoms with van der Waals surface area (Å²) in [4.78, 5) is 6.45. The Hall–Kier alpha value is -1.16. The highest BCUT2D eigenvalue weighted by Gasteiger charge is 2.15. The van der Waals surface area contributed by atoms with Crippen molar-refractivity contribution in [2.45, 2.75) is 32.7 Å². The average molecular weight is 552 g/mol. The molecule has 1 heterocycles. The summed E-state index contributed by atoms with van der Waals surface area (Å²) >= 11 is 3.23. The number of aryl methyl sites for hydroxylation is 1. The SMILES string of the molecule is CN=C(NCCc1ccc(F)c(Br)c1)N(C)Cc1cn(C)nc1C(C)C.I. The fraction of sp³-hybridized carbons (Fsp3) is 0.474. The minimum atomic E-state index is -0.241. The maximum absolute atomic E-state index is 13.3. The summed E-state index contributed by atoms with van der Waals surface area (Å²) in [6.45, 7) is 5.77. The third-order valence-corrected chi connectivity index (χ3v) is 4.75. The number of hydrogen-bond acceptors (Lipinski definition) is 2. The van der Waals surface area contributed by atoms with Crippen LogP contribution in [0.15, 0.2) is 33.9 Å². The van der Waals surface area contributed by atoms with Gasteiger partial charge in [-0.15, -0.1) is 24.0 Å². The van der Waals surface area contributed by atoms with Gasteiger partial charge in [-0.25, -0.2) is 4.39 Å². The van der Waals surface area contributed by atoms with E-state index in [1.54, 1.807) is 13.1 Å². The van der Waals surface area contributed by atoms with Crippen molar-refractivity contribution >= 4 is 45.9 Å². The van der Waals surface area contributed by atoms with E-state index in [0.717, 1.165) is 36.7 Å². The Morgan fingerprint density at radius 2 is 2.11 bits per heavy atom. The van der Waals surface area contributed by atoms with Gasteiger partial charge in [0.1, 0.15) is 5.82 Å². The molecule has 150 valence electrons. The first-order valence-electron chi connectivity index (χ1n) is 8.70. The molecule has 0 amide bonds. The summed E-state index contributed by atoms with van der Waals surface area (Å²) < 4.78 is 15.7. The molecule has 1 aromatic carbocycles. The van der Waals surface area contributed by atoms with Crippen LogP contribution in [-0.2, 0) is 20.0 Å². The number of rotatable bonds is 6. The molecule has 0 radical (unpaired) electrons. The monoisotopic (exact) mass is 551 g/mol. The topological polar surface area (TPSA) is 45.5 Å². The molecule has 2 rings (SSSR count). The maximum Gasteiger partial charge on any atom is 0.193 e. The van der Waals surface area contributed by atoms with Crippen molar-refractivity contribution in [1.29, 1.82) is 0 Å². The molecule has 0 aliphatic heterocycles. The third kappa shape index (κ3) is 6.74. The number of aromatic nitrogens is 2. The van der Waals surface area contributed by atoms with E-state index < -0.39 is 0 Å². The highest BCUT2D eigenvalue weighted by Crippen LogP contribution is 2.19. The van der Waals surface area contributed by atoms with Gasteiger partial charge >= 0.3 is 0 Å². The Balaban J connectivity index is 0.00000364. The van der Waals surface area contributed by atoms with E-state index in [0.29, 0.717) is 10.4 Å². The Kier molecular flexibility index (Phi) is 9.72. The minimum absolute atomic E-state index is 0. The lowest BCUT2D eigenvalue weighted by Crippen LogP contribution is -2.39. The molecule has 8 heteroatoms. The summed E-state index contributed by atoms with van der Waals surface area (Å²) in [7, 11) is 5.74. The highest BCUT2D eigenvalue weighted by atomic mass is 127. The number of guanidine groups is 1. The lowest BCUT2D eigenvalue weighted by Gasteiger charge is -2.22. The van der Waals surface area contributed by atoms with Crippen molar-refractivity contribution in [3.63, 3.8) is 0 Å². The standard InChI is InChI=1S/C19H27BrFN5.HI/c1-13(2)18-15(12-26(5)24-18)11-25(4)19(22-3)23-9-8-14-6-7-17(21)16(20)10-14;/h6-7,10,12-13H,8-9,11H2,1-5H3,(H,22,23);1H. The highest BCUT2D eigenvalue weighted by molar-refractivity contribution is 14.0. The van der Waals surface area contributed by atoms with Crippen molar-refractivity contribution in [3.05, 3.63) is 51.5 Å². The van der Waals surface area contributed by atoms with Crippen LogP contribution in [-0.4, -0.2) is 41.3 Å². The van der Waals surface area contributed by atoms with Gasteiger partial charge in [-0.2, -0.15) is 5.10 Å². The molecule has 0 fully saturated rings. The van der Waals surface area contributed by atoms with E-state index in [9.17, 15) is 4.39 Å². The zero-order valence-corrected chi connectivity index (χ0v) is 20.4. The summed E-state index contributed by atoms with van der Waals surface area (Å²) in [5.74, 6) is 0.964. The van der Waals surface area contributed by atoms with Crippen molar-refractivity contribution in [2.24, 2.45) is 12.0 Å². The van der Waals surface area contributed by atoms with Crippen LogP contribution in [0.4, 0.5) is 4.39 Å². The van der Waals surface area contributed by atoms with E-state index in [2.05, 4.69) is 56.3 Å². The molecule has 0 spiro atoms. The zero-order chi connectivity index (χ0) is 19.3. The number of hydrogen-bond donors (Lipinski definition) is 1. The summed E-state index contributed by atoms with van der Waals surface area (Å²) in [6, 6.07) is 5.10. The molecule has 1 N–H and O–H groups in total. The molecule has 2 aromatic rings. The first kappa shape index (κ1) is 23.9. The number of nitrogens with zero attached hydrogens (tertiary/aromatic N) is 4. The van der Waals surface area contributed by atoms with Crippen molar-refractivity contribution in [2.75, 3.05) is 20.6 Å². The second kappa shape index (κ2) is 11.0. The summed E-state index contributed by atoms with van der Waals surface area (Å²) in [5, 5.41) is 7.93. The van der Waals surface area contributed by atoms with Gasteiger partial charge in [-0.1, -0.05) is 19.9 Å². The fourth-order valence-electron chi connectivity index (χ4n) is 2.89. The maximum atomic E-state index is 13.3. The van der Waals surface area contributed by atoms with Crippen molar-refractivity contribution in [3.8, 4) is 0 Å². The lowest BCUT2D eigenvalue weighted by molar-refractivity contribution is 0.474. The van der Waals surface area contributed by atoms with Gasteiger partial charge in [0.2, 0.25) is 0 Å². The molecule has 5 nitrogen and oxygen atoms in total. The van der Waals surface area contributed by atoms with Gasteiger partial charge < -0.3 is 10.2 Å². The number of halogens is 3. The molecule has 27 heavy (non-hydrogen) atoms. The summed E-state index contributed by atoms with van der Waals surface area (Å²) in [6.07, 6.45) is 2.85. The van der Waals surface area contributed by atoms with Gasteiger partial charge in [0.25, 0.3) is 0 Å². The second-order valence-electron chi connectivity index (χ2n) is 6.70. The molecule has 1 aromatic heterocycles. The van der Waals surface area contributed by atoms with Crippen molar-refractivity contribution in [1.82, 2.24) is 20.0 Å². The number of benzene rings is 1. The molecule has 0 atom stereocenters. The van der Waals surface area contributed by atoms with E-state index >= 15 is 0 Å². The van der Waals surface area contributed by atoms with Gasteiger partial charge in [-0.05, 0) is 46.0 Å². The van der Waals surface area contributed by atoms with Crippen LogP contribution in [0.3, 0.4) is 0 Å². The van der Waals surface area contributed by atoms with Crippen LogP contribution in [0.2, 0.25) is 0 Å². The molecule has 0 unspecified atom stereocenters. The lowest BCUT2D eigenvalue weighted by atomic mass is 10.1. The van der Waals surface area contributed by atoms with Crippen LogP contribution in [0, 0.1) is 5.82 Å². The predicted molar refractivity (Wildman–Crippen MR) is 123 cm³/mol. The molecule has 0 saturated heterocycles. The smallest absolute Gasteiger partial charge is 0.193 e. The van der Waals surface area contributed by atoms with Crippen LogP contribution in [0.1, 0.15) is 36.6 Å². The predicted octanol–water partition coefficient (Wildman–Crippen LogP) is 4.31. The molecule has 0 aliphatic carbocycles. The first-order valence-corrected chi connectivity index (χ1v) is 9.49. The van der Waals surface area contributed by atoms with Crippen molar-refractivity contribution < 1.29 is 4.39 Å². The Morgan fingerprint density at radius 1 is 1.41 bits per heavy atom. The van der Waals surface area contributed by atoms with E-state index in [1.165, 1.54) is 11.6 Å². The van der Waals surface area contributed by atoms with Gasteiger partial charge in [0.05, 0.1) is 10.2 Å². The van der Waals surface area contributed by atoms with E-state index in [1.807, 2.05) is 24.8 Å². The van der Waals surface area contributed by atoms with Crippen LogP contribution >= 0.6 is 39.9 Å². The minimum Gasteiger partial charge on any atom is -0.356 e. The Labute approximate surface area is 186 Å². The van der Waals surface area contributed by atoms with Gasteiger partial charge in [0, 0.05) is 46.0 Å². The molecule has 0 bridgehead atoms. The van der Waals surface area contributed by atoms with Crippen LogP contribution < -0.4 is 5.32 Å². The van der Waals surface area contributed by atoms with Gasteiger partial charge in [-0.3, -0.25) is 9.67 Å². The molecule has 0 saturated carbocycles. The van der Waals surface area contributed by atoms with E-state index in [4.69, 9.17) is 0 Å². The average Bonchev–Trinajstić information content (AvgIpc) is 2.95. The normalized spacial score (nSPS) is 11.5. The quantitative estimate of drug-likeness (QED) is 0.330. The Morgan fingerprint density at radius 3 is 2.70 bits per heavy atom. The molecular weight excluding hydrogens is 524 g/mol. The number of aliphatic imine (C=N–C) groups is 1. The fourth-order valence-corrected chi connectivity index (χ4v) is 3.32. The van der Waals surface area contributed by atoms with Gasteiger partial charge in [0.15, 0.2) is 5.96 Å². The summed E-state index contributed by atoms with van der Waals surface area (Å²) in [5.41, 5.74) is 3.39. The Bertz CT molecular complexity index is 775. The first-order chi connectivity index (χ1) is 12.3. The number of nitrogens with one attached hydrogen (secondary N) is 1. The van der Waals surface area contributed by atoms with Crippen LogP contribution in [0.5, 0.6) is 0 Å². The largest absolute Gasteiger partial charge is 0.356 e. The van der Waals surface area contributed by atoms with Crippen LogP contribution in [0.25, 0.3) is 0 Å². The zero-order valence-electron chi connectivity index (χ0n) is 16.5. The molecular formula is C19H28BrFIN5. The molecule has 0 aliphatic rings. The van der Waals surface area contributed by atoms with E-state index in [-0.39, 0.29) is 29.8 Å². The third-order valence-electron chi connectivity index (χ3n) is 4.15.